The topological polar surface area (TPSA) is 25.2 Å². The van der Waals surface area contributed by atoms with E-state index in [0.717, 1.165) is 10.2 Å². The van der Waals surface area contributed by atoms with Crippen LogP contribution < -0.4 is 5.32 Å². The molecular formula is C14H22BrNO. The minimum atomic E-state index is 0.315. The molecule has 1 fully saturated rings. The lowest BCUT2D eigenvalue weighted by atomic mass is 9.65. The van der Waals surface area contributed by atoms with E-state index in [1.54, 1.807) is 6.26 Å². The van der Waals surface area contributed by atoms with Gasteiger partial charge in [-0.25, -0.2) is 0 Å². The lowest BCUT2D eigenvalue weighted by Crippen LogP contribution is -2.37. The summed E-state index contributed by atoms with van der Waals surface area (Å²) in [6.07, 6.45) is 7.06. The fourth-order valence-corrected chi connectivity index (χ4v) is 3.63. The number of hydrogen-bond acceptors (Lipinski definition) is 2. The average Bonchev–Trinajstić information content (AvgIpc) is 2.68. The Balaban J connectivity index is 2.26. The molecule has 3 heteroatoms. The second kappa shape index (κ2) is 5.15. The van der Waals surface area contributed by atoms with Crippen LogP contribution in [-0.4, -0.2) is 7.05 Å². The lowest BCUT2D eigenvalue weighted by molar-refractivity contribution is 0.0922. The Morgan fingerprint density at radius 2 is 2.24 bits per heavy atom. The van der Waals surface area contributed by atoms with Gasteiger partial charge in [0.25, 0.3) is 0 Å². The van der Waals surface area contributed by atoms with Gasteiger partial charge in [-0.3, -0.25) is 0 Å². The van der Waals surface area contributed by atoms with E-state index in [1.165, 1.54) is 25.7 Å². The smallest absolute Gasteiger partial charge is 0.135 e. The number of halogens is 1. The first-order valence-electron chi connectivity index (χ1n) is 6.46. The SMILES string of the molecule is CNC(c1occc1Br)C1CCCCC1(C)C. The van der Waals surface area contributed by atoms with E-state index < -0.39 is 0 Å². The first-order chi connectivity index (χ1) is 8.06. The minimum absolute atomic E-state index is 0.315. The van der Waals surface area contributed by atoms with Gasteiger partial charge in [0.2, 0.25) is 0 Å². The number of furan rings is 1. The summed E-state index contributed by atoms with van der Waals surface area (Å²) in [5, 5.41) is 3.45. The number of hydrogen-bond donors (Lipinski definition) is 1. The van der Waals surface area contributed by atoms with Gasteiger partial charge < -0.3 is 9.73 Å². The van der Waals surface area contributed by atoms with Crippen molar-refractivity contribution in [2.24, 2.45) is 11.3 Å². The molecule has 1 N–H and O–H groups in total. The highest BCUT2D eigenvalue weighted by molar-refractivity contribution is 9.10. The molecule has 1 saturated carbocycles. The molecule has 2 nitrogen and oxygen atoms in total. The fraction of sp³-hybridized carbons (Fsp3) is 0.714. The van der Waals surface area contributed by atoms with Crippen molar-refractivity contribution >= 4 is 15.9 Å². The van der Waals surface area contributed by atoms with E-state index >= 15 is 0 Å². The average molecular weight is 300 g/mol. The van der Waals surface area contributed by atoms with Gasteiger partial charge in [-0.1, -0.05) is 26.7 Å². The zero-order valence-corrected chi connectivity index (χ0v) is 12.5. The third kappa shape index (κ3) is 2.60. The predicted octanol–water partition coefficient (Wildman–Crippen LogP) is 4.52. The van der Waals surface area contributed by atoms with E-state index in [1.807, 2.05) is 13.1 Å². The molecule has 1 aromatic heterocycles. The minimum Gasteiger partial charge on any atom is -0.466 e. The second-order valence-electron chi connectivity index (χ2n) is 5.74. The molecule has 2 atom stereocenters. The van der Waals surface area contributed by atoms with Crippen molar-refractivity contribution in [3.8, 4) is 0 Å². The Hall–Kier alpha value is -0.280. The highest BCUT2D eigenvalue weighted by atomic mass is 79.9. The summed E-state index contributed by atoms with van der Waals surface area (Å²) in [7, 11) is 2.03. The van der Waals surface area contributed by atoms with E-state index in [0.29, 0.717) is 17.4 Å². The molecule has 0 saturated heterocycles. The molecular weight excluding hydrogens is 278 g/mol. The van der Waals surface area contributed by atoms with Crippen LogP contribution in [0.5, 0.6) is 0 Å². The molecule has 1 aliphatic carbocycles. The lowest BCUT2D eigenvalue weighted by Gasteiger charge is -2.42. The summed E-state index contributed by atoms with van der Waals surface area (Å²) in [6.45, 7) is 4.77. The van der Waals surface area contributed by atoms with Crippen LogP contribution in [0.15, 0.2) is 21.2 Å². The first-order valence-corrected chi connectivity index (χ1v) is 7.25. The van der Waals surface area contributed by atoms with Crippen LogP contribution in [0.25, 0.3) is 0 Å². The molecule has 0 amide bonds. The highest BCUT2D eigenvalue weighted by Crippen LogP contribution is 2.47. The van der Waals surface area contributed by atoms with Crippen molar-refractivity contribution in [3.63, 3.8) is 0 Å². The van der Waals surface area contributed by atoms with Gasteiger partial charge >= 0.3 is 0 Å². The van der Waals surface area contributed by atoms with Crippen LogP contribution >= 0.6 is 15.9 Å². The third-order valence-corrected chi connectivity index (χ3v) is 4.89. The van der Waals surface area contributed by atoms with E-state index in [2.05, 4.69) is 35.1 Å². The van der Waals surface area contributed by atoms with Crippen molar-refractivity contribution in [1.29, 1.82) is 0 Å². The Labute approximate surface area is 112 Å². The van der Waals surface area contributed by atoms with Crippen molar-refractivity contribution in [1.82, 2.24) is 5.32 Å². The quantitative estimate of drug-likeness (QED) is 0.888. The van der Waals surface area contributed by atoms with Crippen LogP contribution in [0, 0.1) is 11.3 Å². The van der Waals surface area contributed by atoms with E-state index in [4.69, 9.17) is 4.42 Å². The molecule has 0 radical (unpaired) electrons. The van der Waals surface area contributed by atoms with Crippen LogP contribution in [0.1, 0.15) is 51.3 Å². The van der Waals surface area contributed by atoms with Crippen LogP contribution in [0.3, 0.4) is 0 Å². The zero-order chi connectivity index (χ0) is 12.5. The molecule has 1 heterocycles. The summed E-state index contributed by atoms with van der Waals surface area (Å²) >= 11 is 3.58. The van der Waals surface area contributed by atoms with Gasteiger partial charge in [-0.15, -0.1) is 0 Å². The molecule has 96 valence electrons. The maximum absolute atomic E-state index is 5.65. The number of rotatable bonds is 3. The van der Waals surface area contributed by atoms with Gasteiger partial charge in [-0.05, 0) is 53.2 Å². The summed E-state index contributed by atoms with van der Waals surface area (Å²) < 4.78 is 6.74. The molecule has 0 spiro atoms. The molecule has 2 unspecified atom stereocenters. The maximum atomic E-state index is 5.65. The molecule has 1 aliphatic rings. The normalized spacial score (nSPS) is 25.8. The molecule has 17 heavy (non-hydrogen) atoms. The molecule has 1 aromatic rings. The highest BCUT2D eigenvalue weighted by Gasteiger charge is 2.39. The zero-order valence-electron chi connectivity index (χ0n) is 10.9. The van der Waals surface area contributed by atoms with Gasteiger partial charge in [0.05, 0.1) is 16.8 Å². The van der Waals surface area contributed by atoms with Crippen LogP contribution in [-0.2, 0) is 0 Å². The molecule has 2 rings (SSSR count). The van der Waals surface area contributed by atoms with Crippen molar-refractivity contribution in [2.75, 3.05) is 7.05 Å². The van der Waals surface area contributed by atoms with Crippen LogP contribution in [0.2, 0.25) is 0 Å². The van der Waals surface area contributed by atoms with Crippen molar-refractivity contribution in [2.45, 2.75) is 45.6 Å². The Kier molecular flexibility index (Phi) is 3.99. The van der Waals surface area contributed by atoms with Gasteiger partial charge in [-0.2, -0.15) is 0 Å². The molecule has 0 aromatic carbocycles. The largest absolute Gasteiger partial charge is 0.466 e. The van der Waals surface area contributed by atoms with E-state index in [9.17, 15) is 0 Å². The van der Waals surface area contributed by atoms with E-state index in [-0.39, 0.29) is 0 Å². The summed E-state index contributed by atoms with van der Waals surface area (Å²) in [5.41, 5.74) is 0.387. The summed E-state index contributed by atoms with van der Waals surface area (Å²) in [5.74, 6) is 1.69. The Morgan fingerprint density at radius 1 is 1.47 bits per heavy atom. The molecule has 0 aliphatic heterocycles. The monoisotopic (exact) mass is 299 g/mol. The van der Waals surface area contributed by atoms with Gasteiger partial charge in [0.15, 0.2) is 0 Å². The summed E-state index contributed by atoms with van der Waals surface area (Å²) in [6, 6.07) is 2.30. The van der Waals surface area contributed by atoms with Gasteiger partial charge in [0.1, 0.15) is 5.76 Å². The van der Waals surface area contributed by atoms with Crippen LogP contribution in [0.4, 0.5) is 0 Å². The molecule has 0 bridgehead atoms. The third-order valence-electron chi connectivity index (χ3n) is 4.23. The Bertz CT molecular complexity index is 372. The van der Waals surface area contributed by atoms with Crippen molar-refractivity contribution in [3.05, 3.63) is 22.6 Å². The summed E-state index contributed by atoms with van der Waals surface area (Å²) in [4.78, 5) is 0. The van der Waals surface area contributed by atoms with Gasteiger partial charge in [0, 0.05) is 0 Å². The Morgan fingerprint density at radius 3 is 2.76 bits per heavy atom. The maximum Gasteiger partial charge on any atom is 0.135 e. The predicted molar refractivity (Wildman–Crippen MR) is 73.9 cm³/mol. The second-order valence-corrected chi connectivity index (χ2v) is 6.59. The first kappa shape index (κ1) is 13.2. The standard InChI is InChI=1S/C14H22BrNO/c1-14(2)8-5-4-6-10(14)12(16-3)13-11(15)7-9-17-13/h7,9-10,12,16H,4-6,8H2,1-3H3. The van der Waals surface area contributed by atoms with Crippen molar-refractivity contribution < 1.29 is 4.42 Å². The number of nitrogens with one attached hydrogen (secondary N) is 1. The fourth-order valence-electron chi connectivity index (χ4n) is 3.18.